The van der Waals surface area contributed by atoms with Crippen LogP contribution in [0.3, 0.4) is 0 Å². The molecule has 1 unspecified atom stereocenters. The number of rotatable bonds is 10. The summed E-state index contributed by atoms with van der Waals surface area (Å²) in [6.07, 6.45) is 3.37. The van der Waals surface area contributed by atoms with Gasteiger partial charge in [0.05, 0.1) is 6.10 Å². The number of nitrogens with one attached hydrogen (secondary N) is 1. The van der Waals surface area contributed by atoms with E-state index in [4.69, 9.17) is 4.74 Å². The van der Waals surface area contributed by atoms with Crippen LogP contribution < -0.4 is 10.2 Å². The van der Waals surface area contributed by atoms with Crippen LogP contribution in [0.2, 0.25) is 0 Å². The molecule has 0 radical (unpaired) electrons. The number of ether oxygens (including phenoxy) is 1. The number of Topliss-reactive ketones (excluding diaryl/α,β-unsaturated/α-hetero) is 1. The number of ketones is 1. The highest BCUT2D eigenvalue weighted by molar-refractivity contribution is 5.99. The zero-order chi connectivity index (χ0) is 26.5. The van der Waals surface area contributed by atoms with Crippen LogP contribution in [-0.4, -0.2) is 91.5 Å². The number of hydrogen-bond donors (Lipinski definition) is 1. The maximum atomic E-state index is 13.7. The molecular weight excluding hydrogens is 468 g/mol. The predicted octanol–water partition coefficient (Wildman–Crippen LogP) is 2.96. The second-order valence-electron chi connectivity index (χ2n) is 11.3. The first kappa shape index (κ1) is 27.6. The Hall–Kier alpha value is -2.45. The zero-order valence-corrected chi connectivity index (χ0v) is 22.9. The lowest BCUT2D eigenvalue weighted by molar-refractivity contribution is -0.138. The van der Waals surface area contributed by atoms with Gasteiger partial charge < -0.3 is 19.9 Å². The number of nitrogens with zero attached hydrogens (tertiary/aromatic N) is 3. The van der Waals surface area contributed by atoms with Crippen LogP contribution in [0.1, 0.15) is 63.7 Å². The molecule has 1 aromatic rings. The van der Waals surface area contributed by atoms with Crippen LogP contribution in [0, 0.1) is 11.8 Å². The minimum absolute atomic E-state index is 0.0299. The molecule has 204 valence electrons. The summed E-state index contributed by atoms with van der Waals surface area (Å²) in [4.78, 5) is 46.1. The van der Waals surface area contributed by atoms with Gasteiger partial charge in [0.2, 0.25) is 5.91 Å². The summed E-state index contributed by atoms with van der Waals surface area (Å²) in [5.41, 5.74) is 1.66. The molecule has 0 aliphatic carbocycles. The summed E-state index contributed by atoms with van der Waals surface area (Å²) in [6, 6.07) is 6.49. The highest BCUT2D eigenvalue weighted by Crippen LogP contribution is 2.35. The fourth-order valence-electron chi connectivity index (χ4n) is 6.11. The summed E-state index contributed by atoms with van der Waals surface area (Å²) >= 11 is 0. The van der Waals surface area contributed by atoms with Gasteiger partial charge in [0, 0.05) is 49.9 Å². The van der Waals surface area contributed by atoms with Crippen LogP contribution in [0.5, 0.6) is 0 Å². The highest BCUT2D eigenvalue weighted by Gasteiger charge is 2.52. The first-order valence-corrected chi connectivity index (χ1v) is 14.1. The monoisotopic (exact) mass is 512 g/mol. The van der Waals surface area contributed by atoms with Crippen molar-refractivity contribution in [1.82, 2.24) is 15.1 Å². The molecule has 3 aliphatic heterocycles. The van der Waals surface area contributed by atoms with E-state index in [0.717, 1.165) is 51.3 Å². The molecule has 0 spiro atoms. The third kappa shape index (κ3) is 6.34. The standard InChI is InChI=1S/C29H44N4O4/c1-5-7-22-18-33(26-25(34)19-37-27(22)26)29(36)24(17-20(3)4)30-28(35)21-8-10-23(11-9-21)32-15-13-31(12-6-2)14-16-32/h8-11,20,22,24,26-27H,5-7,12-19H2,1-4H3,(H,30,35)/t22-,24?,26-,27-/m1/s1. The molecular formula is C29H44N4O4. The van der Waals surface area contributed by atoms with Gasteiger partial charge in [-0.25, -0.2) is 0 Å². The second-order valence-corrected chi connectivity index (χ2v) is 11.3. The van der Waals surface area contributed by atoms with E-state index < -0.39 is 12.1 Å². The van der Waals surface area contributed by atoms with Gasteiger partial charge in [0.15, 0.2) is 5.78 Å². The highest BCUT2D eigenvalue weighted by atomic mass is 16.5. The molecule has 1 N–H and O–H groups in total. The van der Waals surface area contributed by atoms with Gasteiger partial charge in [-0.05, 0) is 56.0 Å². The molecule has 0 saturated carbocycles. The SMILES string of the molecule is CCC[C@@H]1CN(C(=O)C(CC(C)C)NC(=O)c2ccc(N3CCN(CCC)CC3)cc2)[C@@H]2C(=O)CO[C@H]12. The van der Waals surface area contributed by atoms with Crippen molar-refractivity contribution < 1.29 is 19.1 Å². The number of carbonyl (C=O) groups excluding carboxylic acids is 3. The Kier molecular flexibility index (Phi) is 9.24. The molecule has 4 atom stereocenters. The molecule has 3 aliphatic rings. The van der Waals surface area contributed by atoms with Gasteiger partial charge >= 0.3 is 0 Å². The van der Waals surface area contributed by atoms with E-state index in [9.17, 15) is 14.4 Å². The van der Waals surface area contributed by atoms with Crippen molar-refractivity contribution in [2.45, 2.75) is 71.6 Å². The number of carbonyl (C=O) groups is 3. The van der Waals surface area contributed by atoms with Gasteiger partial charge in [-0.1, -0.05) is 34.1 Å². The third-order valence-corrected chi connectivity index (χ3v) is 7.95. The van der Waals surface area contributed by atoms with Gasteiger partial charge in [-0.3, -0.25) is 19.3 Å². The molecule has 1 aromatic carbocycles. The largest absolute Gasteiger partial charge is 0.369 e. The fourth-order valence-corrected chi connectivity index (χ4v) is 6.11. The summed E-state index contributed by atoms with van der Waals surface area (Å²) < 4.78 is 5.79. The van der Waals surface area contributed by atoms with E-state index in [1.165, 1.54) is 6.42 Å². The van der Waals surface area contributed by atoms with Crippen molar-refractivity contribution in [3.63, 3.8) is 0 Å². The van der Waals surface area contributed by atoms with Crippen molar-refractivity contribution in [1.29, 1.82) is 0 Å². The molecule has 8 heteroatoms. The summed E-state index contributed by atoms with van der Waals surface area (Å²) in [5, 5.41) is 3.00. The van der Waals surface area contributed by atoms with Crippen LogP contribution in [0.25, 0.3) is 0 Å². The lowest BCUT2D eigenvalue weighted by Crippen LogP contribution is -2.52. The smallest absolute Gasteiger partial charge is 0.251 e. The minimum Gasteiger partial charge on any atom is -0.369 e. The van der Waals surface area contributed by atoms with E-state index in [1.807, 2.05) is 38.1 Å². The molecule has 2 amide bonds. The molecule has 0 aromatic heterocycles. The Labute approximate surface area is 221 Å². The minimum atomic E-state index is -0.673. The number of likely N-dealkylation sites (tertiary alicyclic amines) is 1. The summed E-state index contributed by atoms with van der Waals surface area (Å²) in [6.45, 7) is 14.2. The van der Waals surface area contributed by atoms with Crippen molar-refractivity contribution in [2.75, 3.05) is 50.8 Å². The molecule has 3 saturated heterocycles. The number of hydrogen-bond acceptors (Lipinski definition) is 6. The Morgan fingerprint density at radius 2 is 1.76 bits per heavy atom. The van der Waals surface area contributed by atoms with Crippen molar-refractivity contribution in [2.24, 2.45) is 11.8 Å². The Balaban J connectivity index is 1.42. The predicted molar refractivity (Wildman–Crippen MR) is 145 cm³/mol. The maximum Gasteiger partial charge on any atom is 0.251 e. The normalized spacial score (nSPS) is 25.0. The molecule has 8 nitrogen and oxygen atoms in total. The zero-order valence-electron chi connectivity index (χ0n) is 22.9. The first-order chi connectivity index (χ1) is 17.8. The van der Waals surface area contributed by atoms with E-state index in [2.05, 4.69) is 29.0 Å². The van der Waals surface area contributed by atoms with Crippen LogP contribution in [0.15, 0.2) is 24.3 Å². The van der Waals surface area contributed by atoms with Crippen molar-refractivity contribution in [3.8, 4) is 0 Å². The molecule has 0 bridgehead atoms. The molecule has 4 rings (SSSR count). The summed E-state index contributed by atoms with van der Waals surface area (Å²) in [7, 11) is 0. The molecule has 3 fully saturated rings. The van der Waals surface area contributed by atoms with Crippen LogP contribution >= 0.6 is 0 Å². The van der Waals surface area contributed by atoms with Crippen molar-refractivity contribution in [3.05, 3.63) is 29.8 Å². The van der Waals surface area contributed by atoms with E-state index in [1.54, 1.807) is 4.90 Å². The molecule has 37 heavy (non-hydrogen) atoms. The lowest BCUT2D eigenvalue weighted by atomic mass is 9.97. The van der Waals surface area contributed by atoms with E-state index >= 15 is 0 Å². The van der Waals surface area contributed by atoms with E-state index in [-0.39, 0.29) is 42.1 Å². The second kappa shape index (κ2) is 12.4. The number of piperazine rings is 1. The third-order valence-electron chi connectivity index (χ3n) is 7.95. The molecule has 3 heterocycles. The fraction of sp³-hybridized carbons (Fsp3) is 0.690. The Morgan fingerprint density at radius 3 is 2.38 bits per heavy atom. The topological polar surface area (TPSA) is 82.2 Å². The Bertz CT molecular complexity index is 942. The van der Waals surface area contributed by atoms with E-state index in [0.29, 0.717) is 18.5 Å². The number of fused-ring (bicyclic) bond motifs is 1. The average molecular weight is 513 g/mol. The first-order valence-electron chi connectivity index (χ1n) is 14.1. The van der Waals surface area contributed by atoms with Gasteiger partial charge in [-0.2, -0.15) is 0 Å². The van der Waals surface area contributed by atoms with Gasteiger partial charge in [0.1, 0.15) is 18.7 Å². The number of amides is 2. The average Bonchev–Trinajstić information content (AvgIpc) is 3.44. The van der Waals surface area contributed by atoms with Crippen LogP contribution in [0.4, 0.5) is 5.69 Å². The quantitative estimate of drug-likeness (QED) is 0.519. The number of anilines is 1. The number of benzene rings is 1. The Morgan fingerprint density at radius 1 is 1.05 bits per heavy atom. The van der Waals surface area contributed by atoms with Gasteiger partial charge in [-0.15, -0.1) is 0 Å². The summed E-state index contributed by atoms with van der Waals surface area (Å²) in [5.74, 6) is -0.0810. The van der Waals surface area contributed by atoms with Gasteiger partial charge in [0.25, 0.3) is 5.91 Å². The maximum absolute atomic E-state index is 13.7. The van der Waals surface area contributed by atoms with Crippen molar-refractivity contribution >= 4 is 23.3 Å². The van der Waals surface area contributed by atoms with Crippen LogP contribution in [-0.2, 0) is 14.3 Å². The lowest BCUT2D eigenvalue weighted by Gasteiger charge is -2.36.